The molecule has 0 spiro atoms. The molecule has 1 N–H and O–H groups in total. The predicted molar refractivity (Wildman–Crippen MR) is 166 cm³/mol. The lowest BCUT2D eigenvalue weighted by Crippen LogP contribution is -2.17. The van der Waals surface area contributed by atoms with E-state index in [1.165, 1.54) is 11.4 Å². The van der Waals surface area contributed by atoms with Gasteiger partial charge in [-0.3, -0.25) is 4.79 Å². The number of hydrogen-bond acceptors (Lipinski definition) is 5. The lowest BCUT2D eigenvalue weighted by Gasteiger charge is -2.16. The Bertz CT molecular complexity index is 1400. The highest BCUT2D eigenvalue weighted by Gasteiger charge is 2.13. The molecule has 2 aromatic carbocycles. The summed E-state index contributed by atoms with van der Waals surface area (Å²) < 4.78 is 21.7. The van der Waals surface area contributed by atoms with Crippen LogP contribution in [0.25, 0.3) is 5.69 Å². The maximum Gasteiger partial charge on any atom is 0.307 e. The third-order valence-corrected chi connectivity index (χ3v) is 7.53. The van der Waals surface area contributed by atoms with Crippen molar-refractivity contribution in [1.82, 2.24) is 9.99 Å². The highest BCUT2D eigenvalue weighted by molar-refractivity contribution is 14.1. The van der Waals surface area contributed by atoms with Crippen LogP contribution in [0.1, 0.15) is 53.5 Å². The van der Waals surface area contributed by atoms with Gasteiger partial charge in [-0.2, -0.15) is 5.10 Å². The van der Waals surface area contributed by atoms with E-state index in [0.29, 0.717) is 11.5 Å². The molecule has 4 aromatic rings. The lowest BCUT2D eigenvalue weighted by atomic mass is 10.2. The number of ether oxygens (including phenoxy) is 2. The molecule has 0 aliphatic heterocycles. The van der Waals surface area contributed by atoms with Crippen molar-refractivity contribution >= 4 is 57.3 Å². The minimum absolute atomic E-state index is 0.142. The highest BCUT2D eigenvalue weighted by Crippen LogP contribution is 2.30. The zero-order valence-electron chi connectivity index (χ0n) is 21.6. The van der Waals surface area contributed by atoms with Crippen LogP contribution in [0.3, 0.4) is 0 Å². The molecule has 0 unspecified atom stereocenters. The summed E-state index contributed by atoms with van der Waals surface area (Å²) in [6.45, 7) is 8.51. The molecule has 0 saturated heterocycles. The van der Waals surface area contributed by atoms with Gasteiger partial charge in [-0.15, -0.1) is 0 Å². The number of hydrogen-bond donors (Lipinski definition) is 1. The number of halogens is 2. The molecule has 1 atom stereocenters. The molecule has 0 aliphatic carbocycles. The van der Waals surface area contributed by atoms with Crippen molar-refractivity contribution in [2.45, 2.75) is 46.8 Å². The van der Waals surface area contributed by atoms with Crippen molar-refractivity contribution in [2.24, 2.45) is 5.10 Å². The first kappa shape index (κ1) is 28.2. The molecule has 1 amide bonds. The van der Waals surface area contributed by atoms with Gasteiger partial charge in [0.2, 0.25) is 0 Å². The first-order valence-corrected chi connectivity index (χ1v) is 14.4. The van der Waals surface area contributed by atoms with Gasteiger partial charge in [0, 0.05) is 17.1 Å². The number of aromatic nitrogens is 1. The molecule has 2 aromatic heterocycles. The van der Waals surface area contributed by atoms with Crippen LogP contribution in [0.4, 0.5) is 0 Å². The van der Waals surface area contributed by atoms with E-state index in [0.717, 1.165) is 30.6 Å². The normalized spacial score (nSPS) is 12.1. The average Bonchev–Trinajstić information content (AvgIpc) is 3.51. The third kappa shape index (κ3) is 6.99. The maximum absolute atomic E-state index is 12.5. The lowest BCUT2D eigenvalue weighted by molar-refractivity contribution is 0.0923. The summed E-state index contributed by atoms with van der Waals surface area (Å²) in [5.41, 5.74) is 6.81. The van der Waals surface area contributed by atoms with Gasteiger partial charge in [-0.05, 0) is 139 Å². The molecule has 38 heavy (non-hydrogen) atoms. The van der Waals surface area contributed by atoms with Gasteiger partial charge < -0.3 is 18.5 Å². The first-order chi connectivity index (χ1) is 18.2. The fourth-order valence-corrected chi connectivity index (χ4v) is 5.84. The summed E-state index contributed by atoms with van der Waals surface area (Å²) in [5, 5.41) is 4.09. The van der Waals surface area contributed by atoms with Crippen LogP contribution in [0.2, 0.25) is 0 Å². The molecule has 198 valence electrons. The van der Waals surface area contributed by atoms with Crippen molar-refractivity contribution in [3.05, 3.63) is 96.3 Å². The molecule has 2 heterocycles. The van der Waals surface area contributed by atoms with Crippen molar-refractivity contribution in [1.29, 1.82) is 0 Å². The summed E-state index contributed by atoms with van der Waals surface area (Å²) in [7, 11) is 0. The van der Waals surface area contributed by atoms with Crippen LogP contribution in [-0.4, -0.2) is 22.8 Å². The topological polar surface area (TPSA) is 78.0 Å². The van der Waals surface area contributed by atoms with Gasteiger partial charge in [0.15, 0.2) is 5.76 Å². The summed E-state index contributed by atoms with van der Waals surface area (Å²) >= 11 is 4.50. The standard InChI is InChI=1S/C29H29I2N3O4/c1-5-20(4)37-28-25(30)14-21(15-26(28)31)16-32-33-29(35)27-13-12-24(38-27)17-36-23-10-8-22(9-11-23)34-18(2)6-7-19(34)3/h6-16,20H,5,17H2,1-4H3,(H,33,35)/b32-16+/t20-/m0/s1. The number of rotatable bonds is 10. The Morgan fingerprint density at radius 1 is 1.05 bits per heavy atom. The second kappa shape index (κ2) is 12.8. The van der Waals surface area contributed by atoms with Crippen LogP contribution in [0.5, 0.6) is 11.5 Å². The Kier molecular flexibility index (Phi) is 9.53. The monoisotopic (exact) mass is 737 g/mol. The number of carbonyl (C=O) groups is 1. The molecule has 0 radical (unpaired) electrons. The second-order valence-corrected chi connectivity index (χ2v) is 11.2. The van der Waals surface area contributed by atoms with Gasteiger partial charge in [0.05, 0.1) is 19.5 Å². The first-order valence-electron chi connectivity index (χ1n) is 12.2. The van der Waals surface area contributed by atoms with Gasteiger partial charge in [-0.1, -0.05) is 6.92 Å². The van der Waals surface area contributed by atoms with E-state index >= 15 is 0 Å². The number of amides is 1. The molecular weight excluding hydrogens is 708 g/mol. The number of hydrazone groups is 1. The van der Waals surface area contributed by atoms with Gasteiger partial charge in [0.1, 0.15) is 23.9 Å². The van der Waals surface area contributed by atoms with Crippen LogP contribution in [0.15, 0.2) is 70.2 Å². The van der Waals surface area contributed by atoms with Crippen LogP contribution in [-0.2, 0) is 6.61 Å². The van der Waals surface area contributed by atoms with Crippen molar-refractivity contribution in [3.8, 4) is 17.2 Å². The highest BCUT2D eigenvalue weighted by atomic mass is 127. The van der Waals surface area contributed by atoms with Crippen LogP contribution < -0.4 is 14.9 Å². The Morgan fingerprint density at radius 3 is 2.34 bits per heavy atom. The van der Waals surface area contributed by atoms with Crippen LogP contribution >= 0.6 is 45.2 Å². The third-order valence-electron chi connectivity index (χ3n) is 5.93. The van der Waals surface area contributed by atoms with E-state index in [1.54, 1.807) is 18.3 Å². The van der Waals surface area contributed by atoms with Gasteiger partial charge in [-0.25, -0.2) is 5.43 Å². The van der Waals surface area contributed by atoms with Crippen molar-refractivity contribution in [2.75, 3.05) is 0 Å². The largest absolute Gasteiger partial charge is 0.489 e. The summed E-state index contributed by atoms with van der Waals surface area (Å²) in [5.74, 6) is 1.86. The van der Waals surface area contributed by atoms with E-state index in [-0.39, 0.29) is 18.5 Å². The SMILES string of the molecule is CC[C@H](C)Oc1c(I)cc(/C=N/NC(=O)c2ccc(COc3ccc(-n4c(C)ccc4C)cc3)o2)cc1I. The minimum Gasteiger partial charge on any atom is -0.489 e. The number of furan rings is 1. The molecule has 4 rings (SSSR count). The summed E-state index contributed by atoms with van der Waals surface area (Å²) in [6, 6.07) is 19.3. The Balaban J connectivity index is 1.31. The number of nitrogens with one attached hydrogen (secondary N) is 1. The fourth-order valence-electron chi connectivity index (χ4n) is 3.77. The van der Waals surface area contributed by atoms with Gasteiger partial charge >= 0.3 is 5.91 Å². The summed E-state index contributed by atoms with van der Waals surface area (Å²) in [4.78, 5) is 12.5. The van der Waals surface area contributed by atoms with E-state index < -0.39 is 5.91 Å². The van der Waals surface area contributed by atoms with E-state index in [9.17, 15) is 4.79 Å². The molecule has 0 bridgehead atoms. The zero-order chi connectivity index (χ0) is 27.2. The van der Waals surface area contributed by atoms with E-state index in [4.69, 9.17) is 13.9 Å². The number of aryl methyl sites for hydroxylation is 2. The predicted octanol–water partition coefficient (Wildman–Crippen LogP) is 7.42. The minimum atomic E-state index is -0.435. The molecule has 0 saturated carbocycles. The Hall–Kier alpha value is -2.80. The average molecular weight is 737 g/mol. The second-order valence-electron chi connectivity index (χ2n) is 8.85. The Labute approximate surface area is 249 Å². The van der Waals surface area contributed by atoms with E-state index in [1.807, 2.05) is 43.3 Å². The van der Waals surface area contributed by atoms with E-state index in [2.05, 4.69) is 93.2 Å². The maximum atomic E-state index is 12.5. The molecule has 0 aliphatic rings. The molecule has 7 nitrogen and oxygen atoms in total. The Morgan fingerprint density at radius 2 is 1.71 bits per heavy atom. The number of nitrogens with zero attached hydrogens (tertiary/aromatic N) is 2. The quantitative estimate of drug-likeness (QED) is 0.105. The number of benzene rings is 2. The fraction of sp³-hybridized carbons (Fsp3) is 0.241. The van der Waals surface area contributed by atoms with Crippen molar-refractivity contribution < 1.29 is 18.7 Å². The number of carbonyl (C=O) groups excluding carboxylic acids is 1. The van der Waals surface area contributed by atoms with Crippen molar-refractivity contribution in [3.63, 3.8) is 0 Å². The van der Waals surface area contributed by atoms with Gasteiger partial charge in [0.25, 0.3) is 0 Å². The zero-order valence-corrected chi connectivity index (χ0v) is 25.9. The smallest absolute Gasteiger partial charge is 0.307 e. The molecule has 0 fully saturated rings. The molecular formula is C29H29I2N3O4. The van der Waals surface area contributed by atoms with Crippen LogP contribution in [0, 0.1) is 21.0 Å². The summed E-state index contributed by atoms with van der Waals surface area (Å²) in [6.07, 6.45) is 2.68. The molecule has 9 heteroatoms.